The Bertz CT molecular complexity index is 448. The van der Waals surface area contributed by atoms with E-state index in [0.29, 0.717) is 24.7 Å². The summed E-state index contributed by atoms with van der Waals surface area (Å²) in [6, 6.07) is 1.87. The van der Waals surface area contributed by atoms with Gasteiger partial charge in [0.1, 0.15) is 0 Å². The van der Waals surface area contributed by atoms with E-state index in [1.165, 1.54) is 0 Å². The lowest BCUT2D eigenvalue weighted by Crippen LogP contribution is -2.39. The monoisotopic (exact) mass is 266 g/mol. The number of rotatable bonds is 5. The molecule has 19 heavy (non-hydrogen) atoms. The van der Waals surface area contributed by atoms with Gasteiger partial charge in [-0.2, -0.15) is 5.10 Å². The van der Waals surface area contributed by atoms with Crippen molar-refractivity contribution in [2.75, 3.05) is 20.1 Å². The van der Waals surface area contributed by atoms with Crippen molar-refractivity contribution in [2.45, 2.75) is 33.6 Å². The van der Waals surface area contributed by atoms with Crippen LogP contribution in [0.2, 0.25) is 0 Å². The summed E-state index contributed by atoms with van der Waals surface area (Å²) < 4.78 is 1.78. The van der Waals surface area contributed by atoms with Crippen molar-refractivity contribution in [3.05, 3.63) is 17.5 Å². The third-order valence-corrected chi connectivity index (χ3v) is 3.29. The van der Waals surface area contributed by atoms with Gasteiger partial charge in [0, 0.05) is 26.3 Å². The molecular formula is C14H26N4O. The van der Waals surface area contributed by atoms with Crippen LogP contribution in [0.1, 0.15) is 49.8 Å². The van der Waals surface area contributed by atoms with Gasteiger partial charge in [-0.15, -0.1) is 0 Å². The molecule has 0 saturated carbocycles. The van der Waals surface area contributed by atoms with Crippen molar-refractivity contribution in [1.29, 1.82) is 0 Å². The van der Waals surface area contributed by atoms with E-state index in [1.807, 2.05) is 13.1 Å². The number of hydrogen-bond acceptors (Lipinski definition) is 3. The number of nitrogens with zero attached hydrogens (tertiary/aromatic N) is 3. The van der Waals surface area contributed by atoms with Gasteiger partial charge in [-0.1, -0.05) is 27.7 Å². The van der Waals surface area contributed by atoms with Gasteiger partial charge in [-0.05, 0) is 23.9 Å². The van der Waals surface area contributed by atoms with Crippen molar-refractivity contribution >= 4 is 5.91 Å². The first-order valence-electron chi connectivity index (χ1n) is 6.67. The number of nitrogens with two attached hydrogens (primary N) is 1. The van der Waals surface area contributed by atoms with Crippen LogP contribution in [0.4, 0.5) is 0 Å². The van der Waals surface area contributed by atoms with Crippen molar-refractivity contribution in [2.24, 2.45) is 18.2 Å². The molecule has 0 aliphatic rings. The number of aromatic nitrogens is 2. The fourth-order valence-corrected chi connectivity index (χ4v) is 2.10. The van der Waals surface area contributed by atoms with E-state index in [1.54, 1.807) is 16.6 Å². The van der Waals surface area contributed by atoms with Gasteiger partial charge in [-0.3, -0.25) is 9.48 Å². The molecule has 5 heteroatoms. The molecule has 1 rings (SSSR count). The van der Waals surface area contributed by atoms with Gasteiger partial charge in [0.05, 0.1) is 0 Å². The van der Waals surface area contributed by atoms with Crippen LogP contribution in [-0.4, -0.2) is 40.7 Å². The minimum Gasteiger partial charge on any atom is -0.340 e. The highest BCUT2D eigenvalue weighted by Crippen LogP contribution is 2.18. The number of hydrogen-bond donors (Lipinski definition) is 1. The van der Waals surface area contributed by atoms with Crippen LogP contribution < -0.4 is 5.73 Å². The summed E-state index contributed by atoms with van der Waals surface area (Å²) in [5, 5.41) is 4.30. The average Bonchev–Trinajstić information content (AvgIpc) is 2.69. The molecule has 0 aromatic carbocycles. The molecule has 1 aromatic heterocycles. The highest BCUT2D eigenvalue weighted by molar-refractivity contribution is 5.92. The van der Waals surface area contributed by atoms with E-state index in [4.69, 9.17) is 5.73 Å². The lowest BCUT2D eigenvalue weighted by Gasteiger charge is -2.28. The second-order valence-corrected chi connectivity index (χ2v) is 6.26. The van der Waals surface area contributed by atoms with Crippen molar-refractivity contribution in [1.82, 2.24) is 14.7 Å². The number of carbonyl (C=O) groups is 1. The summed E-state index contributed by atoms with van der Waals surface area (Å²) in [5.74, 6) is 0.300. The number of amides is 1. The Morgan fingerprint density at radius 3 is 2.53 bits per heavy atom. The maximum Gasteiger partial charge on any atom is 0.274 e. The van der Waals surface area contributed by atoms with Crippen LogP contribution in [0, 0.1) is 5.41 Å². The molecule has 0 aliphatic heterocycles. The molecule has 1 amide bonds. The molecule has 2 N–H and O–H groups in total. The minimum absolute atomic E-state index is 0.0518. The van der Waals surface area contributed by atoms with Crippen molar-refractivity contribution in [3.8, 4) is 0 Å². The van der Waals surface area contributed by atoms with Crippen LogP contribution >= 0.6 is 0 Å². The number of aryl methyl sites for hydroxylation is 1. The highest BCUT2D eigenvalue weighted by atomic mass is 16.2. The predicted molar refractivity (Wildman–Crippen MR) is 77.1 cm³/mol. The van der Waals surface area contributed by atoms with Gasteiger partial charge < -0.3 is 10.6 Å². The molecule has 0 fully saturated rings. The Labute approximate surface area is 115 Å². The van der Waals surface area contributed by atoms with Crippen molar-refractivity contribution in [3.63, 3.8) is 0 Å². The quantitative estimate of drug-likeness (QED) is 0.880. The Kier molecular flexibility index (Phi) is 4.74. The Morgan fingerprint density at radius 1 is 1.53 bits per heavy atom. The first kappa shape index (κ1) is 15.7. The minimum atomic E-state index is -0.0833. The second-order valence-electron chi connectivity index (χ2n) is 6.26. The SMILES string of the molecule is CC(C)c1cc(C(=O)N(C)CC(C)(C)CN)nn1C. The fraction of sp³-hybridized carbons (Fsp3) is 0.714. The summed E-state index contributed by atoms with van der Waals surface area (Å²) in [6.45, 7) is 9.45. The predicted octanol–water partition coefficient (Wildman–Crippen LogP) is 1.60. The smallest absolute Gasteiger partial charge is 0.274 e. The van der Waals surface area contributed by atoms with Crippen LogP contribution in [0.5, 0.6) is 0 Å². The first-order chi connectivity index (χ1) is 8.68. The molecule has 0 unspecified atom stereocenters. The van der Waals surface area contributed by atoms with Gasteiger partial charge in [0.2, 0.25) is 0 Å². The third-order valence-electron chi connectivity index (χ3n) is 3.29. The zero-order chi connectivity index (χ0) is 14.8. The lowest BCUT2D eigenvalue weighted by molar-refractivity contribution is 0.0734. The van der Waals surface area contributed by atoms with Crippen LogP contribution in [-0.2, 0) is 7.05 Å². The molecule has 0 spiro atoms. The molecule has 0 atom stereocenters. The Morgan fingerprint density at radius 2 is 2.11 bits per heavy atom. The second kappa shape index (κ2) is 5.74. The van der Waals surface area contributed by atoms with E-state index >= 15 is 0 Å². The van der Waals surface area contributed by atoms with Gasteiger partial charge in [0.25, 0.3) is 5.91 Å². The van der Waals surface area contributed by atoms with Gasteiger partial charge >= 0.3 is 0 Å². The Hall–Kier alpha value is -1.36. The normalized spacial score (nSPS) is 12.0. The van der Waals surface area contributed by atoms with Crippen molar-refractivity contribution < 1.29 is 4.79 Å². The average molecular weight is 266 g/mol. The lowest BCUT2D eigenvalue weighted by atomic mass is 9.93. The summed E-state index contributed by atoms with van der Waals surface area (Å²) in [6.07, 6.45) is 0. The van der Waals surface area contributed by atoms with E-state index in [-0.39, 0.29) is 11.3 Å². The number of carbonyl (C=O) groups excluding carboxylic acids is 1. The topological polar surface area (TPSA) is 64.2 Å². The maximum absolute atomic E-state index is 12.3. The van der Waals surface area contributed by atoms with E-state index in [9.17, 15) is 4.79 Å². The Balaban J connectivity index is 2.86. The van der Waals surface area contributed by atoms with E-state index in [2.05, 4.69) is 32.8 Å². The molecule has 0 aliphatic carbocycles. The third kappa shape index (κ3) is 3.80. The van der Waals surface area contributed by atoms with Crippen LogP contribution in [0.15, 0.2) is 6.07 Å². The molecule has 0 saturated heterocycles. The zero-order valence-corrected chi connectivity index (χ0v) is 12.9. The molecular weight excluding hydrogens is 240 g/mol. The van der Waals surface area contributed by atoms with Gasteiger partial charge in [-0.25, -0.2) is 0 Å². The molecule has 0 bridgehead atoms. The summed E-state index contributed by atoms with van der Waals surface area (Å²) >= 11 is 0. The molecule has 1 heterocycles. The van der Waals surface area contributed by atoms with E-state index < -0.39 is 0 Å². The largest absolute Gasteiger partial charge is 0.340 e. The standard InChI is InChI=1S/C14H26N4O/c1-10(2)12-7-11(16-18(12)6)13(19)17(5)9-14(3,4)8-15/h7,10H,8-9,15H2,1-6H3. The molecule has 1 aromatic rings. The fourth-order valence-electron chi connectivity index (χ4n) is 2.10. The maximum atomic E-state index is 12.3. The molecule has 5 nitrogen and oxygen atoms in total. The molecule has 0 radical (unpaired) electrons. The summed E-state index contributed by atoms with van der Waals surface area (Å²) in [7, 11) is 3.67. The first-order valence-corrected chi connectivity index (χ1v) is 6.67. The summed E-state index contributed by atoms with van der Waals surface area (Å²) in [4.78, 5) is 14.0. The van der Waals surface area contributed by atoms with Gasteiger partial charge in [0.15, 0.2) is 5.69 Å². The summed E-state index contributed by atoms with van der Waals surface area (Å²) in [5.41, 5.74) is 7.19. The van der Waals surface area contributed by atoms with E-state index in [0.717, 1.165) is 5.69 Å². The molecule has 108 valence electrons. The highest BCUT2D eigenvalue weighted by Gasteiger charge is 2.24. The van der Waals surface area contributed by atoms with Crippen LogP contribution in [0.3, 0.4) is 0 Å². The zero-order valence-electron chi connectivity index (χ0n) is 12.9. The van der Waals surface area contributed by atoms with Crippen LogP contribution in [0.25, 0.3) is 0 Å².